The molecule has 0 aliphatic carbocycles. The fraction of sp³-hybridized carbons (Fsp3) is 0.357. The second-order valence-corrected chi connectivity index (χ2v) is 4.76. The summed E-state index contributed by atoms with van der Waals surface area (Å²) in [6.07, 6.45) is 0. The van der Waals surface area contributed by atoms with Crippen LogP contribution in [0, 0.1) is 6.92 Å². The van der Waals surface area contributed by atoms with Crippen LogP contribution in [0.15, 0.2) is 28.8 Å². The minimum absolute atomic E-state index is 0. The number of aromatic nitrogens is 2. The van der Waals surface area contributed by atoms with Crippen LogP contribution in [0.2, 0.25) is 0 Å². The molecule has 0 aliphatic rings. The lowest BCUT2D eigenvalue weighted by Crippen LogP contribution is -2.41. The van der Waals surface area contributed by atoms with Crippen molar-refractivity contribution < 1.29 is 22.8 Å². The monoisotopic (exact) mass is 362 g/mol. The molecule has 1 heterocycles. The predicted molar refractivity (Wildman–Crippen MR) is 83.4 cm³/mol. The number of nitrogens with zero attached hydrogens (tertiary/aromatic N) is 2. The fourth-order valence-corrected chi connectivity index (χ4v) is 1.70. The zero-order chi connectivity index (χ0) is 16.9. The van der Waals surface area contributed by atoms with E-state index >= 15 is 0 Å². The lowest BCUT2D eigenvalue weighted by molar-refractivity contribution is 0.0118. The number of nitrogens with one attached hydrogen (secondary N) is 1. The summed E-state index contributed by atoms with van der Waals surface area (Å²) >= 11 is 0. The third-order valence-electron chi connectivity index (χ3n) is 2.86. The minimum Gasteiger partial charge on any atom is -0.485 e. The van der Waals surface area contributed by atoms with Crippen LogP contribution in [0.4, 0.5) is 8.78 Å². The quantitative estimate of drug-likeness (QED) is 0.777. The van der Waals surface area contributed by atoms with E-state index in [9.17, 15) is 13.6 Å². The van der Waals surface area contributed by atoms with Crippen LogP contribution in [-0.2, 0) is 6.61 Å². The van der Waals surface area contributed by atoms with E-state index in [0.29, 0.717) is 11.7 Å². The van der Waals surface area contributed by atoms with Crippen LogP contribution in [0.3, 0.4) is 0 Å². The van der Waals surface area contributed by atoms with Crippen LogP contribution in [0.25, 0.3) is 0 Å². The van der Waals surface area contributed by atoms with Crippen molar-refractivity contribution in [1.29, 1.82) is 0 Å². The van der Waals surface area contributed by atoms with Crippen molar-refractivity contribution in [3.05, 3.63) is 41.5 Å². The Morgan fingerprint density at radius 2 is 2.12 bits per heavy atom. The first-order chi connectivity index (χ1) is 10.9. The molecule has 0 unspecified atom stereocenters. The van der Waals surface area contributed by atoms with Crippen molar-refractivity contribution in [2.24, 2.45) is 5.73 Å². The molecule has 1 aromatic heterocycles. The van der Waals surface area contributed by atoms with Crippen molar-refractivity contribution in [2.45, 2.75) is 19.5 Å². The third-order valence-corrected chi connectivity index (χ3v) is 2.86. The molecule has 0 fully saturated rings. The van der Waals surface area contributed by atoms with Crippen molar-refractivity contribution in [2.75, 3.05) is 13.1 Å². The smallest absolute Gasteiger partial charge is 0.277 e. The van der Waals surface area contributed by atoms with E-state index in [1.165, 1.54) is 6.07 Å². The van der Waals surface area contributed by atoms with Crippen LogP contribution >= 0.6 is 12.4 Å². The molecular formula is C14H17ClF2N4O3. The second-order valence-electron chi connectivity index (χ2n) is 4.76. The zero-order valence-corrected chi connectivity index (χ0v) is 13.6. The summed E-state index contributed by atoms with van der Waals surface area (Å²) in [5.74, 6) is -2.92. The number of benzene rings is 1. The number of carbonyl (C=O) groups is 1. The summed E-state index contributed by atoms with van der Waals surface area (Å²) in [5.41, 5.74) is 5.05. The van der Waals surface area contributed by atoms with Gasteiger partial charge in [0.25, 0.3) is 11.8 Å². The number of hydrogen-bond donors (Lipinski definition) is 2. The Hall–Kier alpha value is -2.26. The Kier molecular flexibility index (Phi) is 7.05. The maximum absolute atomic E-state index is 13.1. The van der Waals surface area contributed by atoms with Crippen LogP contribution < -0.4 is 15.8 Å². The lowest BCUT2D eigenvalue weighted by Gasteiger charge is -2.15. The standard InChI is InChI=1S/C14H16F2N4O3.ClH/c1-9-19-12(20-23-9)6-22-11-5-3-2-4-10(11)13(21)18-8-14(15,16)7-17;/h2-5H,6-8,17H2,1H3,(H,18,21);1H. The van der Waals surface area contributed by atoms with Gasteiger partial charge in [0.05, 0.1) is 18.7 Å². The number of amides is 1. The number of hydrogen-bond acceptors (Lipinski definition) is 6. The lowest BCUT2D eigenvalue weighted by atomic mass is 10.2. The first-order valence-electron chi connectivity index (χ1n) is 6.78. The van der Waals surface area contributed by atoms with Gasteiger partial charge in [0.15, 0.2) is 6.61 Å². The molecule has 2 aromatic rings. The van der Waals surface area contributed by atoms with E-state index in [1.807, 2.05) is 0 Å². The van der Waals surface area contributed by atoms with Gasteiger partial charge >= 0.3 is 0 Å². The first kappa shape index (κ1) is 19.8. The molecule has 1 amide bonds. The molecule has 0 radical (unpaired) electrons. The van der Waals surface area contributed by atoms with Gasteiger partial charge in [-0.25, -0.2) is 8.78 Å². The van der Waals surface area contributed by atoms with Gasteiger partial charge in [-0.1, -0.05) is 17.3 Å². The number of nitrogens with two attached hydrogens (primary N) is 1. The number of halogens is 3. The molecule has 7 nitrogen and oxygen atoms in total. The normalized spacial score (nSPS) is 10.8. The van der Waals surface area contributed by atoms with Crippen LogP contribution in [-0.4, -0.2) is 35.1 Å². The molecule has 0 bridgehead atoms. The molecule has 0 aliphatic heterocycles. The maximum atomic E-state index is 13.1. The number of aryl methyl sites for hydroxylation is 1. The molecule has 2 rings (SSSR count). The average Bonchev–Trinajstić information content (AvgIpc) is 2.96. The summed E-state index contributed by atoms with van der Waals surface area (Å²) in [7, 11) is 0. The summed E-state index contributed by atoms with van der Waals surface area (Å²) in [5, 5.41) is 5.79. The number of rotatable bonds is 7. The van der Waals surface area contributed by atoms with Crippen molar-refractivity contribution >= 4 is 18.3 Å². The molecule has 0 spiro atoms. The molecule has 24 heavy (non-hydrogen) atoms. The van der Waals surface area contributed by atoms with Gasteiger partial charge in [0.1, 0.15) is 5.75 Å². The Labute approximate surface area is 143 Å². The highest BCUT2D eigenvalue weighted by molar-refractivity contribution is 5.96. The summed E-state index contributed by atoms with van der Waals surface area (Å²) in [6, 6.07) is 6.26. The van der Waals surface area contributed by atoms with E-state index < -0.39 is 24.9 Å². The molecule has 1 aromatic carbocycles. The van der Waals surface area contributed by atoms with Gasteiger partial charge in [0.2, 0.25) is 11.7 Å². The van der Waals surface area contributed by atoms with E-state index in [0.717, 1.165) is 0 Å². The maximum Gasteiger partial charge on any atom is 0.277 e. The van der Waals surface area contributed by atoms with Crippen molar-refractivity contribution in [3.8, 4) is 5.75 Å². The Morgan fingerprint density at radius 3 is 2.75 bits per heavy atom. The number of para-hydroxylation sites is 1. The van der Waals surface area contributed by atoms with Crippen LogP contribution in [0.5, 0.6) is 5.75 Å². The van der Waals surface area contributed by atoms with Gasteiger partial charge in [-0.15, -0.1) is 12.4 Å². The Balaban J connectivity index is 0.00000288. The largest absolute Gasteiger partial charge is 0.485 e. The number of carbonyl (C=O) groups excluding carboxylic acids is 1. The number of ether oxygens (including phenoxy) is 1. The molecule has 132 valence electrons. The van der Waals surface area contributed by atoms with Crippen molar-refractivity contribution in [3.63, 3.8) is 0 Å². The highest BCUT2D eigenvalue weighted by Crippen LogP contribution is 2.19. The molecule has 0 saturated carbocycles. The van der Waals surface area contributed by atoms with Gasteiger partial charge < -0.3 is 20.3 Å². The van der Waals surface area contributed by atoms with Crippen LogP contribution in [0.1, 0.15) is 22.1 Å². The molecule has 0 atom stereocenters. The molecule has 10 heteroatoms. The van der Waals surface area contributed by atoms with E-state index in [2.05, 4.69) is 15.5 Å². The van der Waals surface area contributed by atoms with Gasteiger partial charge in [-0.2, -0.15) is 4.98 Å². The highest BCUT2D eigenvalue weighted by Gasteiger charge is 2.27. The summed E-state index contributed by atoms with van der Waals surface area (Å²) in [4.78, 5) is 16.0. The van der Waals surface area contributed by atoms with Crippen molar-refractivity contribution in [1.82, 2.24) is 15.5 Å². The minimum atomic E-state index is -3.16. The Morgan fingerprint density at radius 1 is 1.42 bits per heavy atom. The highest BCUT2D eigenvalue weighted by atomic mass is 35.5. The number of alkyl halides is 2. The molecular weight excluding hydrogens is 346 g/mol. The van der Waals surface area contributed by atoms with E-state index in [-0.39, 0.29) is 30.3 Å². The molecule has 3 N–H and O–H groups in total. The first-order valence-corrected chi connectivity index (χ1v) is 6.78. The fourth-order valence-electron chi connectivity index (χ4n) is 1.70. The second kappa shape index (κ2) is 8.55. The SMILES string of the molecule is Cc1nc(COc2ccccc2C(=O)NCC(F)(F)CN)no1.Cl. The zero-order valence-electron chi connectivity index (χ0n) is 12.8. The molecule has 0 saturated heterocycles. The average molecular weight is 363 g/mol. The summed E-state index contributed by atoms with van der Waals surface area (Å²) < 4.78 is 36.5. The van der Waals surface area contributed by atoms with E-state index in [1.54, 1.807) is 25.1 Å². The van der Waals surface area contributed by atoms with Gasteiger partial charge in [0, 0.05) is 6.92 Å². The van der Waals surface area contributed by atoms with Gasteiger partial charge in [-0.3, -0.25) is 4.79 Å². The summed E-state index contributed by atoms with van der Waals surface area (Å²) in [6.45, 7) is -0.0700. The van der Waals surface area contributed by atoms with Gasteiger partial charge in [-0.05, 0) is 12.1 Å². The Bertz CT molecular complexity index is 682. The third kappa shape index (κ3) is 5.43. The topological polar surface area (TPSA) is 103 Å². The van der Waals surface area contributed by atoms with E-state index in [4.69, 9.17) is 15.0 Å². The predicted octanol–water partition coefficient (Wildman–Crippen LogP) is 1.70.